The number of hydrogen-bond donors (Lipinski definition) is 4. The van der Waals surface area contributed by atoms with Gasteiger partial charge in [0.15, 0.2) is 0 Å². The van der Waals surface area contributed by atoms with Gasteiger partial charge in [0.2, 0.25) is 0 Å². The number of nitrogens with one attached hydrogen (secondary N) is 1. The second kappa shape index (κ2) is 6.17. The monoisotopic (exact) mass is 241 g/mol. The number of nitrogen functional groups attached to an aromatic ring is 1. The van der Waals surface area contributed by atoms with Gasteiger partial charge in [0.1, 0.15) is 11.7 Å². The standard InChI is InChI=1S/C11H16FN3O2/c12-8-1-2-10(9(7-8)11(13)14)15(3-5-16)4-6-17/h1-2,7,16-17H,3-6H2,(H3,13,14). The maximum atomic E-state index is 13.1. The van der Waals surface area contributed by atoms with Gasteiger partial charge in [0.25, 0.3) is 0 Å². The Morgan fingerprint density at radius 2 is 1.88 bits per heavy atom. The van der Waals surface area contributed by atoms with E-state index in [2.05, 4.69) is 0 Å². The Kier molecular flexibility index (Phi) is 4.86. The lowest BCUT2D eigenvalue weighted by molar-refractivity contribution is 0.281. The first-order valence-corrected chi connectivity index (χ1v) is 5.20. The average Bonchev–Trinajstić information content (AvgIpc) is 2.28. The fraction of sp³-hybridized carbons (Fsp3) is 0.364. The molecule has 0 bridgehead atoms. The average molecular weight is 241 g/mol. The zero-order valence-corrected chi connectivity index (χ0v) is 9.36. The van der Waals surface area contributed by atoms with Crippen molar-refractivity contribution < 1.29 is 14.6 Å². The molecule has 17 heavy (non-hydrogen) atoms. The van der Waals surface area contributed by atoms with Crippen LogP contribution in [0.2, 0.25) is 0 Å². The van der Waals surface area contributed by atoms with Crippen LogP contribution in [0.3, 0.4) is 0 Å². The minimum atomic E-state index is -0.480. The van der Waals surface area contributed by atoms with Gasteiger partial charge in [-0.15, -0.1) is 0 Å². The van der Waals surface area contributed by atoms with Crippen molar-refractivity contribution in [1.82, 2.24) is 0 Å². The molecular weight excluding hydrogens is 225 g/mol. The van der Waals surface area contributed by atoms with Crippen molar-refractivity contribution in [3.63, 3.8) is 0 Å². The van der Waals surface area contributed by atoms with Crippen molar-refractivity contribution in [2.75, 3.05) is 31.2 Å². The summed E-state index contributed by atoms with van der Waals surface area (Å²) in [6.45, 7) is 0.363. The molecule has 1 aromatic rings. The highest BCUT2D eigenvalue weighted by atomic mass is 19.1. The van der Waals surface area contributed by atoms with Crippen LogP contribution in [0, 0.1) is 11.2 Å². The molecule has 0 aliphatic heterocycles. The number of halogens is 1. The number of rotatable bonds is 6. The van der Waals surface area contributed by atoms with Gasteiger partial charge >= 0.3 is 0 Å². The van der Waals surface area contributed by atoms with Gasteiger partial charge in [-0.2, -0.15) is 0 Å². The molecule has 0 unspecified atom stereocenters. The van der Waals surface area contributed by atoms with Gasteiger partial charge in [-0.05, 0) is 18.2 Å². The summed E-state index contributed by atoms with van der Waals surface area (Å²) in [4.78, 5) is 1.65. The van der Waals surface area contributed by atoms with Crippen LogP contribution in [0.4, 0.5) is 10.1 Å². The van der Waals surface area contributed by atoms with Crippen molar-refractivity contribution in [3.8, 4) is 0 Å². The quantitative estimate of drug-likeness (QED) is 0.413. The first-order valence-electron chi connectivity index (χ1n) is 5.20. The summed E-state index contributed by atoms with van der Waals surface area (Å²) in [7, 11) is 0. The van der Waals surface area contributed by atoms with E-state index in [1.165, 1.54) is 18.2 Å². The number of anilines is 1. The fourth-order valence-corrected chi connectivity index (χ4v) is 1.59. The molecular formula is C11H16FN3O2. The Bertz CT molecular complexity index is 392. The molecule has 5 nitrogen and oxygen atoms in total. The Hall–Kier alpha value is -1.66. The molecule has 6 heteroatoms. The molecule has 0 amide bonds. The van der Waals surface area contributed by atoms with Gasteiger partial charge < -0.3 is 20.8 Å². The number of hydrogen-bond acceptors (Lipinski definition) is 4. The van der Waals surface area contributed by atoms with Gasteiger partial charge in [0, 0.05) is 24.3 Å². The first kappa shape index (κ1) is 13.4. The van der Waals surface area contributed by atoms with E-state index in [1.54, 1.807) is 4.90 Å². The van der Waals surface area contributed by atoms with Crippen LogP contribution >= 0.6 is 0 Å². The molecule has 1 aromatic carbocycles. The van der Waals surface area contributed by atoms with Crippen LogP contribution < -0.4 is 10.6 Å². The van der Waals surface area contributed by atoms with E-state index in [9.17, 15) is 4.39 Å². The summed E-state index contributed by atoms with van der Waals surface area (Å²) in [6, 6.07) is 3.90. The van der Waals surface area contributed by atoms with E-state index in [0.717, 1.165) is 0 Å². The van der Waals surface area contributed by atoms with E-state index < -0.39 is 5.82 Å². The zero-order chi connectivity index (χ0) is 12.8. The Labute approximate surface area is 98.8 Å². The van der Waals surface area contributed by atoms with Crippen LogP contribution in [0.15, 0.2) is 18.2 Å². The maximum absolute atomic E-state index is 13.1. The maximum Gasteiger partial charge on any atom is 0.125 e. The molecule has 0 spiro atoms. The van der Waals surface area contributed by atoms with Gasteiger partial charge in [0.05, 0.1) is 13.2 Å². The highest BCUT2D eigenvalue weighted by molar-refractivity contribution is 6.00. The number of benzene rings is 1. The summed E-state index contributed by atoms with van der Waals surface area (Å²) in [5.74, 6) is -0.729. The van der Waals surface area contributed by atoms with E-state index >= 15 is 0 Å². The lowest BCUT2D eigenvalue weighted by atomic mass is 10.1. The molecule has 0 aliphatic rings. The number of aliphatic hydroxyl groups excluding tert-OH is 2. The van der Waals surface area contributed by atoms with E-state index in [0.29, 0.717) is 5.69 Å². The minimum Gasteiger partial charge on any atom is -0.395 e. The minimum absolute atomic E-state index is 0.102. The molecule has 0 fully saturated rings. The largest absolute Gasteiger partial charge is 0.395 e. The second-order valence-electron chi connectivity index (χ2n) is 3.51. The molecule has 0 atom stereocenters. The summed E-state index contributed by atoms with van der Waals surface area (Å²) >= 11 is 0. The van der Waals surface area contributed by atoms with Crippen molar-refractivity contribution in [2.45, 2.75) is 0 Å². The van der Waals surface area contributed by atoms with Gasteiger partial charge in [-0.25, -0.2) is 4.39 Å². The molecule has 0 heterocycles. The molecule has 0 saturated heterocycles. The van der Waals surface area contributed by atoms with E-state index in [1.807, 2.05) is 0 Å². The zero-order valence-electron chi connectivity index (χ0n) is 9.36. The number of amidine groups is 1. The second-order valence-corrected chi connectivity index (χ2v) is 3.51. The lowest BCUT2D eigenvalue weighted by Gasteiger charge is -2.25. The molecule has 0 saturated carbocycles. The highest BCUT2D eigenvalue weighted by Crippen LogP contribution is 2.21. The summed E-state index contributed by atoms with van der Waals surface area (Å²) in [5, 5.41) is 25.2. The van der Waals surface area contributed by atoms with Crippen molar-refractivity contribution in [1.29, 1.82) is 5.41 Å². The third kappa shape index (κ3) is 3.40. The Balaban J connectivity index is 3.12. The molecule has 5 N–H and O–H groups in total. The molecule has 94 valence electrons. The fourth-order valence-electron chi connectivity index (χ4n) is 1.59. The van der Waals surface area contributed by atoms with E-state index in [-0.39, 0.29) is 37.7 Å². The van der Waals surface area contributed by atoms with Crippen LogP contribution in [0.1, 0.15) is 5.56 Å². The first-order chi connectivity index (χ1) is 8.10. The van der Waals surface area contributed by atoms with Crippen molar-refractivity contribution in [2.24, 2.45) is 5.73 Å². The third-order valence-electron chi connectivity index (χ3n) is 2.33. The predicted molar refractivity (Wildman–Crippen MR) is 63.8 cm³/mol. The topological polar surface area (TPSA) is 93.6 Å². The van der Waals surface area contributed by atoms with Crippen LogP contribution in [0.25, 0.3) is 0 Å². The van der Waals surface area contributed by atoms with Crippen LogP contribution in [-0.2, 0) is 0 Å². The van der Waals surface area contributed by atoms with Gasteiger partial charge in [-0.3, -0.25) is 5.41 Å². The van der Waals surface area contributed by atoms with Gasteiger partial charge in [-0.1, -0.05) is 0 Å². The number of nitrogens with two attached hydrogens (primary N) is 1. The molecule has 0 aliphatic carbocycles. The highest BCUT2D eigenvalue weighted by Gasteiger charge is 2.13. The smallest absolute Gasteiger partial charge is 0.125 e. The summed E-state index contributed by atoms with van der Waals surface area (Å²) < 4.78 is 13.1. The lowest BCUT2D eigenvalue weighted by Crippen LogP contribution is -2.31. The normalized spacial score (nSPS) is 10.3. The van der Waals surface area contributed by atoms with Crippen molar-refractivity contribution >= 4 is 11.5 Å². The van der Waals surface area contributed by atoms with Crippen LogP contribution in [-0.4, -0.2) is 42.4 Å². The summed E-state index contributed by atoms with van der Waals surface area (Å²) in [6.07, 6.45) is 0. The van der Waals surface area contributed by atoms with Crippen molar-refractivity contribution in [3.05, 3.63) is 29.6 Å². The third-order valence-corrected chi connectivity index (χ3v) is 2.33. The molecule has 1 rings (SSSR count). The SMILES string of the molecule is N=C(N)c1cc(F)ccc1N(CCO)CCO. The van der Waals surface area contributed by atoms with Crippen LogP contribution in [0.5, 0.6) is 0 Å². The predicted octanol–water partition coefficient (Wildman–Crippen LogP) is -0.0992. The van der Waals surface area contributed by atoms with E-state index in [4.69, 9.17) is 21.4 Å². The Morgan fingerprint density at radius 1 is 1.29 bits per heavy atom. The molecule has 0 aromatic heterocycles. The number of nitrogens with zero attached hydrogens (tertiary/aromatic N) is 1. The molecule has 0 radical (unpaired) electrons. The Morgan fingerprint density at radius 3 is 2.35 bits per heavy atom. The number of aliphatic hydroxyl groups is 2. The summed E-state index contributed by atoms with van der Waals surface area (Å²) in [5.41, 5.74) is 6.16.